The van der Waals surface area contributed by atoms with E-state index in [1.165, 1.54) is 0 Å². The standard InChI is InChI=1S/C11H13ClINO2/c1-2-16-11(15)5-6-14-10-4-3-8(13)7-9(10)12/h3-4,7,14H,2,5-6H2,1H3. The molecule has 1 rings (SSSR count). The van der Waals surface area contributed by atoms with E-state index in [9.17, 15) is 4.79 Å². The lowest BCUT2D eigenvalue weighted by Crippen LogP contribution is -2.11. The number of anilines is 1. The van der Waals surface area contributed by atoms with Crippen molar-refractivity contribution in [2.75, 3.05) is 18.5 Å². The van der Waals surface area contributed by atoms with Gasteiger partial charge in [-0.25, -0.2) is 0 Å². The van der Waals surface area contributed by atoms with Crippen molar-refractivity contribution in [1.29, 1.82) is 0 Å². The zero-order valence-electron chi connectivity index (χ0n) is 8.93. The van der Waals surface area contributed by atoms with Gasteiger partial charge in [-0.1, -0.05) is 11.6 Å². The van der Waals surface area contributed by atoms with Crippen LogP contribution in [0.1, 0.15) is 13.3 Å². The Balaban J connectivity index is 2.40. The minimum absolute atomic E-state index is 0.198. The Morgan fingerprint density at radius 3 is 2.94 bits per heavy atom. The van der Waals surface area contributed by atoms with Crippen molar-refractivity contribution in [3.63, 3.8) is 0 Å². The molecule has 1 N–H and O–H groups in total. The van der Waals surface area contributed by atoms with Gasteiger partial charge in [0.25, 0.3) is 0 Å². The van der Waals surface area contributed by atoms with Crippen LogP contribution in [0, 0.1) is 3.57 Å². The first-order valence-electron chi connectivity index (χ1n) is 4.98. The Labute approximate surface area is 114 Å². The third-order valence-corrected chi connectivity index (χ3v) is 2.86. The monoisotopic (exact) mass is 353 g/mol. The van der Waals surface area contributed by atoms with Gasteiger partial charge in [0.05, 0.1) is 23.7 Å². The molecule has 16 heavy (non-hydrogen) atoms. The molecule has 88 valence electrons. The summed E-state index contributed by atoms with van der Waals surface area (Å²) in [5.41, 5.74) is 0.839. The summed E-state index contributed by atoms with van der Waals surface area (Å²) in [5.74, 6) is -0.198. The minimum Gasteiger partial charge on any atom is -0.466 e. The molecule has 3 nitrogen and oxygen atoms in total. The molecule has 0 saturated heterocycles. The van der Waals surface area contributed by atoms with E-state index >= 15 is 0 Å². The highest BCUT2D eigenvalue weighted by Gasteiger charge is 2.03. The van der Waals surface area contributed by atoms with Crippen LogP contribution in [0.2, 0.25) is 5.02 Å². The average molecular weight is 354 g/mol. The first-order valence-corrected chi connectivity index (χ1v) is 6.43. The number of carbonyl (C=O) groups is 1. The molecule has 1 aromatic rings. The van der Waals surface area contributed by atoms with Crippen LogP contribution in [0.3, 0.4) is 0 Å². The van der Waals surface area contributed by atoms with Crippen molar-refractivity contribution in [3.05, 3.63) is 26.8 Å². The Hall–Kier alpha value is -0.490. The highest BCUT2D eigenvalue weighted by atomic mass is 127. The van der Waals surface area contributed by atoms with Crippen molar-refractivity contribution >= 4 is 45.8 Å². The number of nitrogens with one attached hydrogen (secondary N) is 1. The number of esters is 1. The van der Waals surface area contributed by atoms with Crippen LogP contribution in [-0.4, -0.2) is 19.1 Å². The molecule has 0 heterocycles. The molecule has 0 aliphatic rings. The molecule has 0 aromatic heterocycles. The largest absolute Gasteiger partial charge is 0.466 e. The van der Waals surface area contributed by atoms with Gasteiger partial charge in [0.15, 0.2) is 0 Å². The summed E-state index contributed by atoms with van der Waals surface area (Å²) in [6.45, 7) is 2.74. The molecule has 0 unspecified atom stereocenters. The normalized spacial score (nSPS) is 9.94. The molecule has 0 fully saturated rings. The number of hydrogen-bond donors (Lipinski definition) is 1. The van der Waals surface area contributed by atoms with Gasteiger partial charge < -0.3 is 10.1 Å². The van der Waals surface area contributed by atoms with Crippen LogP contribution in [0.4, 0.5) is 5.69 Å². The molecular weight excluding hydrogens is 340 g/mol. The maximum Gasteiger partial charge on any atom is 0.307 e. The predicted octanol–water partition coefficient (Wildman–Crippen LogP) is 3.31. The first-order chi connectivity index (χ1) is 7.63. The van der Waals surface area contributed by atoms with Crippen LogP contribution < -0.4 is 5.32 Å². The molecule has 0 radical (unpaired) electrons. The molecular formula is C11H13ClINO2. The molecule has 0 spiro atoms. The van der Waals surface area contributed by atoms with Crippen LogP contribution in [0.15, 0.2) is 18.2 Å². The third-order valence-electron chi connectivity index (χ3n) is 1.88. The first kappa shape index (κ1) is 13.6. The summed E-state index contributed by atoms with van der Waals surface area (Å²) in [5, 5.41) is 3.76. The van der Waals surface area contributed by atoms with Gasteiger partial charge in [0, 0.05) is 10.1 Å². The summed E-state index contributed by atoms with van der Waals surface area (Å²) in [6.07, 6.45) is 0.343. The highest BCUT2D eigenvalue weighted by Crippen LogP contribution is 2.23. The molecule has 0 atom stereocenters. The van der Waals surface area contributed by atoms with Gasteiger partial charge in [0.2, 0.25) is 0 Å². The Kier molecular flexibility index (Phi) is 5.90. The highest BCUT2D eigenvalue weighted by molar-refractivity contribution is 14.1. The lowest BCUT2D eigenvalue weighted by molar-refractivity contribution is -0.142. The maximum atomic E-state index is 11.1. The molecule has 0 amide bonds. The fourth-order valence-corrected chi connectivity index (χ4v) is 2.09. The van der Waals surface area contributed by atoms with Gasteiger partial charge in [-0.05, 0) is 47.7 Å². The molecule has 0 aliphatic heterocycles. The maximum absolute atomic E-state index is 11.1. The molecule has 1 aromatic carbocycles. The van der Waals surface area contributed by atoms with Gasteiger partial charge in [-0.15, -0.1) is 0 Å². The Morgan fingerprint density at radius 1 is 1.56 bits per heavy atom. The van der Waals surface area contributed by atoms with Gasteiger partial charge in [-0.2, -0.15) is 0 Å². The Bertz CT molecular complexity index is 371. The van der Waals surface area contributed by atoms with E-state index in [2.05, 4.69) is 27.9 Å². The number of halogens is 2. The summed E-state index contributed by atoms with van der Waals surface area (Å²) >= 11 is 8.22. The second kappa shape index (κ2) is 6.96. The van der Waals surface area contributed by atoms with Crippen LogP contribution >= 0.6 is 34.2 Å². The van der Waals surface area contributed by atoms with E-state index in [0.717, 1.165) is 9.26 Å². The fraction of sp³-hybridized carbons (Fsp3) is 0.364. The zero-order valence-corrected chi connectivity index (χ0v) is 11.8. The van der Waals surface area contributed by atoms with Crippen molar-refractivity contribution in [2.24, 2.45) is 0 Å². The molecule has 5 heteroatoms. The van der Waals surface area contributed by atoms with E-state index in [1.54, 1.807) is 6.92 Å². The summed E-state index contributed by atoms with van der Waals surface area (Å²) in [4.78, 5) is 11.1. The summed E-state index contributed by atoms with van der Waals surface area (Å²) in [7, 11) is 0. The van der Waals surface area contributed by atoms with Gasteiger partial charge >= 0.3 is 5.97 Å². The third kappa shape index (κ3) is 4.57. The van der Waals surface area contributed by atoms with E-state index in [4.69, 9.17) is 16.3 Å². The quantitative estimate of drug-likeness (QED) is 0.652. The topological polar surface area (TPSA) is 38.3 Å². The SMILES string of the molecule is CCOC(=O)CCNc1ccc(I)cc1Cl. The summed E-state index contributed by atoms with van der Waals surface area (Å²) < 4.78 is 5.90. The number of ether oxygens (including phenoxy) is 1. The summed E-state index contributed by atoms with van der Waals surface area (Å²) in [6, 6.07) is 5.73. The number of benzene rings is 1. The van der Waals surface area contributed by atoms with Crippen molar-refractivity contribution in [3.8, 4) is 0 Å². The fourth-order valence-electron chi connectivity index (χ4n) is 1.17. The smallest absolute Gasteiger partial charge is 0.307 e. The minimum atomic E-state index is -0.198. The number of carbonyl (C=O) groups excluding carboxylic acids is 1. The van der Waals surface area contributed by atoms with Crippen molar-refractivity contribution in [2.45, 2.75) is 13.3 Å². The van der Waals surface area contributed by atoms with E-state index in [-0.39, 0.29) is 5.97 Å². The zero-order chi connectivity index (χ0) is 12.0. The van der Waals surface area contributed by atoms with Crippen molar-refractivity contribution in [1.82, 2.24) is 0 Å². The molecule has 0 bridgehead atoms. The van der Waals surface area contributed by atoms with Crippen LogP contribution in [0.5, 0.6) is 0 Å². The molecule has 0 saturated carbocycles. The Morgan fingerprint density at radius 2 is 2.31 bits per heavy atom. The van der Waals surface area contributed by atoms with E-state index in [0.29, 0.717) is 24.6 Å². The van der Waals surface area contributed by atoms with Crippen molar-refractivity contribution < 1.29 is 9.53 Å². The lowest BCUT2D eigenvalue weighted by Gasteiger charge is -2.08. The molecule has 0 aliphatic carbocycles. The predicted molar refractivity (Wildman–Crippen MR) is 73.9 cm³/mol. The second-order valence-electron chi connectivity index (χ2n) is 3.11. The second-order valence-corrected chi connectivity index (χ2v) is 4.76. The van der Waals surface area contributed by atoms with Gasteiger partial charge in [-0.3, -0.25) is 4.79 Å². The van der Waals surface area contributed by atoms with Crippen LogP contribution in [-0.2, 0) is 9.53 Å². The number of rotatable bonds is 5. The average Bonchev–Trinajstić information content (AvgIpc) is 2.22. The number of hydrogen-bond acceptors (Lipinski definition) is 3. The van der Waals surface area contributed by atoms with Crippen LogP contribution in [0.25, 0.3) is 0 Å². The van der Waals surface area contributed by atoms with E-state index in [1.807, 2.05) is 18.2 Å². The lowest BCUT2D eigenvalue weighted by atomic mass is 10.3. The van der Waals surface area contributed by atoms with E-state index < -0.39 is 0 Å². The van der Waals surface area contributed by atoms with Gasteiger partial charge in [0.1, 0.15) is 0 Å².